The molecule has 3 atom stereocenters. The van der Waals surface area contributed by atoms with Crippen molar-refractivity contribution in [2.24, 2.45) is 5.41 Å². The maximum Gasteiger partial charge on any atom is 0.262 e. The number of halogens is 1. The summed E-state index contributed by atoms with van der Waals surface area (Å²) in [7, 11) is 0. The van der Waals surface area contributed by atoms with Gasteiger partial charge in [-0.05, 0) is 91.6 Å². The van der Waals surface area contributed by atoms with E-state index in [0.717, 1.165) is 63.4 Å². The topological polar surface area (TPSA) is 124 Å². The lowest BCUT2D eigenvalue weighted by Crippen LogP contribution is -2.61. The molecular weight excluding hydrogens is 670 g/mol. The molecule has 1 amide bonds. The predicted octanol–water partition coefficient (Wildman–Crippen LogP) is 5.53. The van der Waals surface area contributed by atoms with Crippen LogP contribution in [0.1, 0.15) is 68.7 Å². The fourth-order valence-electron chi connectivity index (χ4n) is 7.39. The van der Waals surface area contributed by atoms with Crippen molar-refractivity contribution in [3.05, 3.63) is 53.3 Å². The first-order valence-corrected chi connectivity index (χ1v) is 18.8. The number of carbonyl (C=O) groups is 1. The number of aromatic nitrogens is 3. The van der Waals surface area contributed by atoms with E-state index in [9.17, 15) is 17.9 Å². The number of hydrogen-bond acceptors (Lipinski definition) is 10. The number of carbonyl (C=O) groups excluding carboxylic acids is 1. The highest BCUT2D eigenvalue weighted by molar-refractivity contribution is 7.81. The lowest BCUT2D eigenvalue weighted by atomic mass is 9.72. The van der Waals surface area contributed by atoms with Crippen LogP contribution < -0.4 is 13.9 Å². The second-order valence-electron chi connectivity index (χ2n) is 14.0. The first-order valence-electron chi connectivity index (χ1n) is 16.9. The van der Waals surface area contributed by atoms with Crippen LogP contribution in [0.3, 0.4) is 0 Å². The number of benzene rings is 1. The second-order valence-corrected chi connectivity index (χ2v) is 16.0. The molecule has 5 heterocycles. The van der Waals surface area contributed by atoms with Crippen molar-refractivity contribution in [3.63, 3.8) is 0 Å². The summed E-state index contributed by atoms with van der Waals surface area (Å²) in [4.78, 5) is 32.9. The van der Waals surface area contributed by atoms with Crippen molar-refractivity contribution in [1.29, 1.82) is 0 Å². The van der Waals surface area contributed by atoms with E-state index < -0.39 is 17.1 Å². The lowest BCUT2D eigenvalue weighted by Gasteiger charge is -2.54. The summed E-state index contributed by atoms with van der Waals surface area (Å²) in [6, 6.07) is 3.72. The highest BCUT2D eigenvalue weighted by Crippen LogP contribution is 2.45. The minimum absolute atomic E-state index is 0.0692. The van der Waals surface area contributed by atoms with Gasteiger partial charge in [-0.2, -0.15) is 0 Å². The van der Waals surface area contributed by atoms with E-state index >= 15 is 0 Å². The summed E-state index contributed by atoms with van der Waals surface area (Å²) in [5, 5.41) is 1.55. The molecule has 266 valence electrons. The third kappa shape index (κ3) is 7.90. The average molecular weight is 716 g/mol. The smallest absolute Gasteiger partial charge is 0.262 e. The third-order valence-electron chi connectivity index (χ3n) is 9.80. The number of nitrogens with zero attached hydrogens (tertiary/aromatic N) is 7. The fourth-order valence-corrected chi connectivity index (χ4v) is 9.06. The number of rotatable bonds is 11. The van der Waals surface area contributed by atoms with Crippen LogP contribution in [0.15, 0.2) is 36.9 Å². The summed E-state index contributed by atoms with van der Waals surface area (Å²) in [6.07, 6.45) is 8.57. The minimum Gasteiger partial charge on any atom is -0.451 e. The Balaban J connectivity index is 1.03. The normalized spacial score (nSPS) is 21.5. The molecule has 0 bridgehead atoms. The summed E-state index contributed by atoms with van der Waals surface area (Å²) in [6.45, 7) is 14.5. The van der Waals surface area contributed by atoms with Gasteiger partial charge in [0.05, 0.1) is 41.7 Å². The molecule has 6 rings (SSSR count). The summed E-state index contributed by atoms with van der Waals surface area (Å²) in [5.74, 6) is 0.561. The van der Waals surface area contributed by atoms with Gasteiger partial charge in [-0.1, -0.05) is 0 Å². The van der Waals surface area contributed by atoms with Gasteiger partial charge in [0.15, 0.2) is 11.6 Å². The van der Waals surface area contributed by atoms with Crippen LogP contribution in [-0.4, -0.2) is 103 Å². The molecule has 3 fully saturated rings. The molecule has 0 radical (unpaired) electrons. The number of anilines is 2. The molecule has 3 aromatic rings. The third-order valence-corrected chi connectivity index (χ3v) is 11.7. The number of amides is 1. The summed E-state index contributed by atoms with van der Waals surface area (Å²) >= 11 is -0.720. The maximum absolute atomic E-state index is 14.4. The molecule has 1 unspecified atom stereocenters. The molecule has 3 saturated heterocycles. The Morgan fingerprint density at radius 2 is 1.88 bits per heavy atom. The van der Waals surface area contributed by atoms with E-state index in [1.807, 2.05) is 34.6 Å². The van der Waals surface area contributed by atoms with E-state index in [1.54, 1.807) is 17.3 Å². The molecule has 0 saturated carbocycles. The zero-order valence-electron chi connectivity index (χ0n) is 28.7. The van der Waals surface area contributed by atoms with Gasteiger partial charge >= 0.3 is 0 Å². The molecular formula is C34H46FN7O5S2. The van der Waals surface area contributed by atoms with Crippen LogP contribution in [0, 0.1) is 18.2 Å². The van der Waals surface area contributed by atoms with Crippen LogP contribution in [0.5, 0.6) is 11.5 Å². The van der Waals surface area contributed by atoms with Gasteiger partial charge in [0.25, 0.3) is 17.2 Å². The van der Waals surface area contributed by atoms with Crippen LogP contribution in [-0.2, 0) is 16.0 Å². The molecule has 49 heavy (non-hydrogen) atoms. The van der Waals surface area contributed by atoms with Gasteiger partial charge in [-0.3, -0.25) is 13.7 Å². The highest BCUT2D eigenvalue weighted by atomic mass is 32.2. The van der Waals surface area contributed by atoms with Gasteiger partial charge in [0, 0.05) is 37.1 Å². The summed E-state index contributed by atoms with van der Waals surface area (Å²) < 4.78 is 50.5. The maximum atomic E-state index is 14.4. The van der Waals surface area contributed by atoms with E-state index in [4.69, 9.17) is 9.47 Å². The van der Waals surface area contributed by atoms with Crippen LogP contribution in [0.4, 0.5) is 15.2 Å². The van der Waals surface area contributed by atoms with Crippen molar-refractivity contribution in [1.82, 2.24) is 24.8 Å². The Bertz CT molecular complexity index is 1630. The quantitative estimate of drug-likeness (QED) is 0.254. The number of aryl methyl sites for hydroxylation is 1. The molecule has 0 aliphatic carbocycles. The number of hydrogen-bond donors (Lipinski definition) is 1. The largest absolute Gasteiger partial charge is 0.451 e. The number of piperidine rings is 1. The second kappa shape index (κ2) is 14.9. The van der Waals surface area contributed by atoms with Gasteiger partial charge in [0.1, 0.15) is 22.9 Å². The number of thiazole rings is 1. The van der Waals surface area contributed by atoms with Crippen molar-refractivity contribution >= 4 is 39.3 Å². The molecule has 1 spiro atoms. The predicted molar refractivity (Wildman–Crippen MR) is 188 cm³/mol. The summed E-state index contributed by atoms with van der Waals surface area (Å²) in [5.41, 5.74) is 0.347. The van der Waals surface area contributed by atoms with Crippen molar-refractivity contribution < 1.29 is 27.4 Å². The Hall–Kier alpha value is -3.24. The minimum atomic E-state index is -2.13. The van der Waals surface area contributed by atoms with Crippen LogP contribution in [0.25, 0.3) is 0 Å². The van der Waals surface area contributed by atoms with Crippen molar-refractivity contribution in [2.75, 3.05) is 48.5 Å². The zero-order valence-corrected chi connectivity index (χ0v) is 30.4. The van der Waals surface area contributed by atoms with Crippen LogP contribution >= 0.6 is 11.3 Å². The Labute approximate surface area is 294 Å². The highest BCUT2D eigenvalue weighted by Gasteiger charge is 2.46. The fraction of sp³-hybridized carbons (Fsp3) is 0.588. The number of likely N-dealkylation sites (tertiary alicyclic amines) is 1. The van der Waals surface area contributed by atoms with Gasteiger partial charge in [-0.25, -0.2) is 23.6 Å². The van der Waals surface area contributed by atoms with E-state index in [0.29, 0.717) is 23.2 Å². The first-order chi connectivity index (χ1) is 23.4. The van der Waals surface area contributed by atoms with E-state index in [2.05, 4.69) is 24.8 Å². The molecule has 1 N–H and O–H groups in total. The monoisotopic (exact) mass is 715 g/mol. The van der Waals surface area contributed by atoms with Crippen molar-refractivity contribution in [3.8, 4) is 11.5 Å². The average Bonchev–Trinajstić information content (AvgIpc) is 3.47. The van der Waals surface area contributed by atoms with Gasteiger partial charge in [-0.15, -0.1) is 11.3 Å². The standard InChI is InChI=1S/C34H46FN7O5S2/c1-22(2)41(23(3)4)33(43)28-14-25(35)6-9-29(28)47-30-15-36-21-38-32(30)40-19-34(20-40)10-12-39(13-11-34)17-27-8-7-26(18-46-27)42(49(44)45)31-16-37-24(5)48-31/h6,9,14-16,21-23,26-27H,7-8,10-13,17-20H2,1-5H3,(H,44,45)/t26-,27+/m1/s1. The Morgan fingerprint density at radius 3 is 2.49 bits per heavy atom. The first kappa shape index (κ1) is 35.6. The molecule has 3 aliphatic rings. The van der Waals surface area contributed by atoms with Gasteiger partial charge < -0.3 is 24.2 Å². The van der Waals surface area contributed by atoms with Gasteiger partial charge in [0.2, 0.25) is 0 Å². The molecule has 3 aliphatic heterocycles. The molecule has 2 aromatic heterocycles. The Morgan fingerprint density at radius 1 is 1.14 bits per heavy atom. The zero-order chi connectivity index (χ0) is 34.9. The number of ether oxygens (including phenoxy) is 2. The SMILES string of the molecule is Cc1ncc(N([C@@H]2CC[C@@H](CN3CCC4(CC3)CN(c3ncncc3Oc3ccc(F)cc3C(=O)N(C(C)C)C(C)C)C4)OC2)S(=O)O)s1. The van der Waals surface area contributed by atoms with Crippen molar-refractivity contribution in [2.45, 2.75) is 84.5 Å². The van der Waals surface area contributed by atoms with E-state index in [1.165, 1.54) is 40.2 Å². The lowest BCUT2D eigenvalue weighted by molar-refractivity contribution is -0.0269. The van der Waals surface area contributed by atoms with Crippen LogP contribution in [0.2, 0.25) is 0 Å². The Kier molecular flexibility index (Phi) is 10.8. The molecule has 12 nitrogen and oxygen atoms in total. The molecule has 1 aromatic carbocycles. The molecule has 15 heteroatoms. The van der Waals surface area contributed by atoms with E-state index in [-0.39, 0.29) is 46.9 Å².